The van der Waals surface area contributed by atoms with Crippen molar-refractivity contribution in [2.45, 2.75) is 32.7 Å². The first-order valence-corrected chi connectivity index (χ1v) is 7.34. The molecule has 3 heteroatoms. The second kappa shape index (κ2) is 7.23. The van der Waals surface area contributed by atoms with Gasteiger partial charge in [-0.2, -0.15) is 0 Å². The molecule has 2 aromatic rings. The summed E-state index contributed by atoms with van der Waals surface area (Å²) in [6, 6.07) is 13.1. The van der Waals surface area contributed by atoms with E-state index in [0.29, 0.717) is 5.56 Å². The molecule has 2 rings (SSSR count). The summed E-state index contributed by atoms with van der Waals surface area (Å²) in [5.74, 6) is -0.0592. The fourth-order valence-corrected chi connectivity index (χ4v) is 2.23. The molecule has 112 valence electrons. The number of rotatable bonds is 6. The van der Waals surface area contributed by atoms with E-state index < -0.39 is 0 Å². The summed E-state index contributed by atoms with van der Waals surface area (Å²) in [5.41, 5.74) is 8.99. The number of ether oxygens (including phenoxy) is 1. The van der Waals surface area contributed by atoms with Crippen LogP contribution in [-0.2, 0) is 6.42 Å². The Hall–Kier alpha value is -1.87. The Balaban J connectivity index is 1.98. The van der Waals surface area contributed by atoms with E-state index in [9.17, 15) is 4.39 Å². The molecule has 0 radical (unpaired) electrons. The lowest BCUT2D eigenvalue weighted by Crippen LogP contribution is -2.19. The molecule has 0 aromatic heterocycles. The zero-order valence-corrected chi connectivity index (χ0v) is 12.6. The Morgan fingerprint density at radius 1 is 1.14 bits per heavy atom. The largest absolute Gasteiger partial charge is 0.489 e. The summed E-state index contributed by atoms with van der Waals surface area (Å²) in [6.45, 7) is 4.13. The zero-order chi connectivity index (χ0) is 15.2. The minimum absolute atomic E-state index is 0.257. The van der Waals surface area contributed by atoms with Gasteiger partial charge in [-0.05, 0) is 36.1 Å². The van der Waals surface area contributed by atoms with Gasteiger partial charge < -0.3 is 10.5 Å². The maximum Gasteiger partial charge on any atom is 0.167 e. The maximum absolute atomic E-state index is 13.8. The van der Waals surface area contributed by atoms with Crippen LogP contribution in [0.25, 0.3) is 0 Å². The van der Waals surface area contributed by atoms with Gasteiger partial charge in [0.05, 0.1) is 6.04 Å². The van der Waals surface area contributed by atoms with Crippen LogP contribution in [0.4, 0.5) is 4.39 Å². The number of hydrogen-bond donors (Lipinski definition) is 1. The molecule has 0 saturated carbocycles. The average Bonchev–Trinajstić information content (AvgIpc) is 2.49. The molecule has 0 aliphatic rings. The van der Waals surface area contributed by atoms with E-state index >= 15 is 0 Å². The first-order valence-electron chi connectivity index (χ1n) is 7.34. The number of aryl methyl sites for hydroxylation is 2. The second-order valence-electron chi connectivity index (χ2n) is 5.30. The predicted molar refractivity (Wildman–Crippen MR) is 84.0 cm³/mol. The standard InChI is InChI=1S/C18H22FNO/c1-3-5-14-8-10-15(11-9-14)16(20)12-21-17-7-4-6-13(2)18(17)19/h4,6-11,16H,3,5,12,20H2,1-2H3. The minimum Gasteiger partial charge on any atom is -0.489 e. The normalized spacial score (nSPS) is 12.2. The number of hydrogen-bond acceptors (Lipinski definition) is 2. The molecule has 0 fully saturated rings. The minimum atomic E-state index is -0.317. The molecule has 1 unspecified atom stereocenters. The third kappa shape index (κ3) is 4.05. The van der Waals surface area contributed by atoms with Crippen LogP contribution in [0.2, 0.25) is 0 Å². The second-order valence-corrected chi connectivity index (χ2v) is 5.30. The molecule has 2 nitrogen and oxygen atoms in total. The highest BCUT2D eigenvalue weighted by Crippen LogP contribution is 2.21. The lowest BCUT2D eigenvalue weighted by Gasteiger charge is -2.15. The van der Waals surface area contributed by atoms with Gasteiger partial charge in [-0.3, -0.25) is 0 Å². The van der Waals surface area contributed by atoms with E-state index in [1.165, 1.54) is 5.56 Å². The van der Waals surface area contributed by atoms with Crippen LogP contribution >= 0.6 is 0 Å². The monoisotopic (exact) mass is 287 g/mol. The third-order valence-electron chi connectivity index (χ3n) is 3.52. The van der Waals surface area contributed by atoms with Crippen molar-refractivity contribution in [3.05, 3.63) is 65.0 Å². The fraction of sp³-hybridized carbons (Fsp3) is 0.333. The van der Waals surface area contributed by atoms with Crippen molar-refractivity contribution < 1.29 is 9.13 Å². The van der Waals surface area contributed by atoms with Crippen molar-refractivity contribution in [1.82, 2.24) is 0 Å². The predicted octanol–water partition coefficient (Wildman–Crippen LogP) is 4.17. The molecule has 0 aliphatic carbocycles. The van der Waals surface area contributed by atoms with Crippen LogP contribution < -0.4 is 10.5 Å². The van der Waals surface area contributed by atoms with Gasteiger partial charge in [0.25, 0.3) is 0 Å². The maximum atomic E-state index is 13.8. The van der Waals surface area contributed by atoms with Crippen molar-refractivity contribution in [2.75, 3.05) is 6.61 Å². The first-order chi connectivity index (χ1) is 10.1. The molecular weight excluding hydrogens is 265 g/mol. The van der Waals surface area contributed by atoms with Crippen molar-refractivity contribution >= 4 is 0 Å². The SMILES string of the molecule is CCCc1ccc(C(N)COc2cccc(C)c2F)cc1. The Bertz CT molecular complexity index is 580. The van der Waals surface area contributed by atoms with E-state index in [2.05, 4.69) is 19.1 Å². The molecule has 2 aromatic carbocycles. The van der Waals surface area contributed by atoms with E-state index in [4.69, 9.17) is 10.5 Å². The Morgan fingerprint density at radius 2 is 1.86 bits per heavy atom. The number of benzene rings is 2. The molecule has 0 saturated heterocycles. The van der Waals surface area contributed by atoms with Crippen molar-refractivity contribution in [3.8, 4) is 5.75 Å². The van der Waals surface area contributed by atoms with Crippen LogP contribution in [0.1, 0.15) is 36.1 Å². The van der Waals surface area contributed by atoms with Crippen LogP contribution in [0.15, 0.2) is 42.5 Å². The number of nitrogens with two attached hydrogens (primary N) is 1. The molecule has 0 aliphatic heterocycles. The van der Waals surface area contributed by atoms with Crippen LogP contribution in [0.5, 0.6) is 5.75 Å². The quantitative estimate of drug-likeness (QED) is 0.865. The molecular formula is C18H22FNO. The van der Waals surface area contributed by atoms with E-state index in [-0.39, 0.29) is 24.2 Å². The van der Waals surface area contributed by atoms with Gasteiger partial charge in [0.2, 0.25) is 0 Å². The van der Waals surface area contributed by atoms with Crippen molar-refractivity contribution in [3.63, 3.8) is 0 Å². The van der Waals surface area contributed by atoms with E-state index in [1.54, 1.807) is 25.1 Å². The fourth-order valence-electron chi connectivity index (χ4n) is 2.23. The van der Waals surface area contributed by atoms with Gasteiger partial charge in [0.15, 0.2) is 11.6 Å². The Morgan fingerprint density at radius 3 is 2.52 bits per heavy atom. The summed E-state index contributed by atoms with van der Waals surface area (Å²) in [6.07, 6.45) is 2.20. The molecule has 0 amide bonds. The van der Waals surface area contributed by atoms with Gasteiger partial charge in [-0.25, -0.2) is 4.39 Å². The highest BCUT2D eigenvalue weighted by Gasteiger charge is 2.10. The molecule has 0 heterocycles. The molecule has 1 atom stereocenters. The third-order valence-corrected chi connectivity index (χ3v) is 3.52. The van der Waals surface area contributed by atoms with Crippen molar-refractivity contribution in [1.29, 1.82) is 0 Å². The zero-order valence-electron chi connectivity index (χ0n) is 12.6. The van der Waals surface area contributed by atoms with Gasteiger partial charge in [0, 0.05) is 0 Å². The highest BCUT2D eigenvalue weighted by atomic mass is 19.1. The Labute approximate surface area is 125 Å². The topological polar surface area (TPSA) is 35.2 Å². The number of halogens is 1. The van der Waals surface area contributed by atoms with Gasteiger partial charge >= 0.3 is 0 Å². The van der Waals surface area contributed by atoms with Crippen LogP contribution in [0, 0.1) is 12.7 Å². The lowest BCUT2D eigenvalue weighted by atomic mass is 10.0. The summed E-state index contributed by atoms with van der Waals surface area (Å²) >= 11 is 0. The summed E-state index contributed by atoms with van der Waals surface area (Å²) in [7, 11) is 0. The van der Waals surface area contributed by atoms with E-state index in [1.807, 2.05) is 12.1 Å². The average molecular weight is 287 g/mol. The molecule has 0 spiro atoms. The highest BCUT2D eigenvalue weighted by molar-refractivity contribution is 5.30. The van der Waals surface area contributed by atoms with Crippen LogP contribution in [0.3, 0.4) is 0 Å². The Kier molecular flexibility index (Phi) is 5.34. The molecule has 2 N–H and O–H groups in total. The summed E-state index contributed by atoms with van der Waals surface area (Å²) in [5, 5.41) is 0. The first kappa shape index (κ1) is 15.5. The van der Waals surface area contributed by atoms with E-state index in [0.717, 1.165) is 18.4 Å². The van der Waals surface area contributed by atoms with Gasteiger partial charge in [-0.1, -0.05) is 49.7 Å². The van der Waals surface area contributed by atoms with Crippen LogP contribution in [-0.4, -0.2) is 6.61 Å². The lowest BCUT2D eigenvalue weighted by molar-refractivity contribution is 0.277. The smallest absolute Gasteiger partial charge is 0.167 e. The summed E-state index contributed by atoms with van der Waals surface area (Å²) in [4.78, 5) is 0. The molecule has 21 heavy (non-hydrogen) atoms. The van der Waals surface area contributed by atoms with Crippen molar-refractivity contribution in [2.24, 2.45) is 5.73 Å². The van der Waals surface area contributed by atoms with Gasteiger partial charge in [-0.15, -0.1) is 0 Å². The molecule has 0 bridgehead atoms. The summed E-state index contributed by atoms with van der Waals surface area (Å²) < 4.78 is 19.3. The van der Waals surface area contributed by atoms with Gasteiger partial charge in [0.1, 0.15) is 6.61 Å².